The molecule has 3 rings (SSSR count). The van der Waals surface area contributed by atoms with Crippen LogP contribution in [0.4, 0.5) is 0 Å². The number of thiophene rings is 1. The number of nitrogens with one attached hydrogen (secondary N) is 1. The number of aliphatic hydroxyl groups excluding tert-OH is 1. The first-order chi connectivity index (χ1) is 7.84. The lowest BCUT2D eigenvalue weighted by molar-refractivity contribution is 0.176. The number of hydrogen-bond acceptors (Lipinski definition) is 3. The van der Waals surface area contributed by atoms with E-state index >= 15 is 0 Å². The molecule has 0 amide bonds. The molecule has 1 atom stereocenters. The standard InChI is InChI=1S/C13H15NOS/c15-12(7-14-9-5-6-9)11-8-16-13-4-2-1-3-10(11)13/h1-4,8-9,12,14-15H,5-7H2. The van der Waals surface area contributed by atoms with Gasteiger partial charge in [-0.05, 0) is 29.7 Å². The normalized spacial score (nSPS) is 17.8. The third-order valence-electron chi connectivity index (χ3n) is 3.05. The Bertz CT molecular complexity index is 489. The molecule has 1 unspecified atom stereocenters. The molecule has 1 aromatic carbocycles. The molecule has 1 heterocycles. The van der Waals surface area contributed by atoms with E-state index in [1.54, 1.807) is 11.3 Å². The molecule has 0 spiro atoms. The number of benzene rings is 1. The Balaban J connectivity index is 1.80. The number of aliphatic hydroxyl groups is 1. The van der Waals surface area contributed by atoms with Crippen LogP contribution in [0.25, 0.3) is 10.1 Å². The van der Waals surface area contributed by atoms with E-state index in [9.17, 15) is 5.11 Å². The van der Waals surface area contributed by atoms with Crippen molar-refractivity contribution >= 4 is 21.4 Å². The third kappa shape index (κ3) is 1.98. The fourth-order valence-corrected chi connectivity index (χ4v) is 2.94. The average Bonchev–Trinajstić information content (AvgIpc) is 3.04. The van der Waals surface area contributed by atoms with Crippen molar-refractivity contribution in [2.24, 2.45) is 0 Å². The van der Waals surface area contributed by atoms with Crippen LogP contribution in [-0.2, 0) is 0 Å². The van der Waals surface area contributed by atoms with Gasteiger partial charge in [0.2, 0.25) is 0 Å². The molecule has 1 fully saturated rings. The molecule has 2 N–H and O–H groups in total. The van der Waals surface area contributed by atoms with Gasteiger partial charge < -0.3 is 10.4 Å². The fraction of sp³-hybridized carbons (Fsp3) is 0.385. The maximum atomic E-state index is 10.1. The summed E-state index contributed by atoms with van der Waals surface area (Å²) in [5.74, 6) is 0. The molecule has 1 saturated carbocycles. The molecule has 1 aliphatic carbocycles. The van der Waals surface area contributed by atoms with Crippen LogP contribution in [0.3, 0.4) is 0 Å². The summed E-state index contributed by atoms with van der Waals surface area (Å²) in [5, 5.41) is 16.8. The van der Waals surface area contributed by atoms with Gasteiger partial charge in [0.15, 0.2) is 0 Å². The summed E-state index contributed by atoms with van der Waals surface area (Å²) in [6, 6.07) is 8.91. The lowest BCUT2D eigenvalue weighted by atomic mass is 10.1. The predicted molar refractivity (Wildman–Crippen MR) is 67.8 cm³/mol. The van der Waals surface area contributed by atoms with Crippen molar-refractivity contribution in [3.05, 3.63) is 35.2 Å². The fourth-order valence-electron chi connectivity index (χ4n) is 1.93. The topological polar surface area (TPSA) is 32.3 Å². The van der Waals surface area contributed by atoms with Crippen LogP contribution in [-0.4, -0.2) is 17.7 Å². The zero-order chi connectivity index (χ0) is 11.0. The van der Waals surface area contributed by atoms with Crippen LogP contribution in [0.5, 0.6) is 0 Å². The molecular formula is C13H15NOS. The van der Waals surface area contributed by atoms with Gasteiger partial charge in [0.25, 0.3) is 0 Å². The van der Waals surface area contributed by atoms with Gasteiger partial charge in [-0.15, -0.1) is 11.3 Å². The molecule has 1 aromatic heterocycles. The molecule has 3 heteroatoms. The molecular weight excluding hydrogens is 218 g/mol. The third-order valence-corrected chi connectivity index (χ3v) is 4.03. The van der Waals surface area contributed by atoms with Gasteiger partial charge in [-0.1, -0.05) is 18.2 Å². The molecule has 2 nitrogen and oxygen atoms in total. The summed E-state index contributed by atoms with van der Waals surface area (Å²) in [6.45, 7) is 0.672. The zero-order valence-electron chi connectivity index (χ0n) is 9.02. The number of hydrogen-bond donors (Lipinski definition) is 2. The van der Waals surface area contributed by atoms with Crippen molar-refractivity contribution in [2.45, 2.75) is 25.0 Å². The second-order valence-corrected chi connectivity index (χ2v) is 5.30. The van der Waals surface area contributed by atoms with E-state index in [0.717, 1.165) is 5.56 Å². The first-order valence-electron chi connectivity index (χ1n) is 5.72. The van der Waals surface area contributed by atoms with Crippen molar-refractivity contribution in [3.63, 3.8) is 0 Å². The Morgan fingerprint density at radius 3 is 3.00 bits per heavy atom. The Labute approximate surface area is 98.9 Å². The summed E-state index contributed by atoms with van der Waals surface area (Å²) in [5.41, 5.74) is 1.06. The summed E-state index contributed by atoms with van der Waals surface area (Å²) >= 11 is 1.70. The minimum Gasteiger partial charge on any atom is -0.387 e. The Kier molecular flexibility index (Phi) is 2.67. The van der Waals surface area contributed by atoms with Crippen LogP contribution in [0.15, 0.2) is 29.6 Å². The molecule has 0 bridgehead atoms. The summed E-state index contributed by atoms with van der Waals surface area (Å²) in [7, 11) is 0. The van der Waals surface area contributed by atoms with E-state index in [0.29, 0.717) is 12.6 Å². The van der Waals surface area contributed by atoms with E-state index in [2.05, 4.69) is 22.8 Å². The largest absolute Gasteiger partial charge is 0.387 e. The second kappa shape index (κ2) is 4.17. The van der Waals surface area contributed by atoms with Crippen LogP contribution < -0.4 is 5.32 Å². The maximum Gasteiger partial charge on any atom is 0.0928 e. The van der Waals surface area contributed by atoms with Crippen molar-refractivity contribution in [3.8, 4) is 0 Å². The number of fused-ring (bicyclic) bond motifs is 1. The molecule has 84 valence electrons. The number of rotatable bonds is 4. The van der Waals surface area contributed by atoms with E-state index in [1.165, 1.54) is 22.9 Å². The van der Waals surface area contributed by atoms with E-state index in [4.69, 9.17) is 0 Å². The van der Waals surface area contributed by atoms with Crippen molar-refractivity contribution in [1.29, 1.82) is 0 Å². The van der Waals surface area contributed by atoms with Gasteiger partial charge >= 0.3 is 0 Å². The lowest BCUT2D eigenvalue weighted by Gasteiger charge is -2.10. The van der Waals surface area contributed by atoms with Gasteiger partial charge in [-0.3, -0.25) is 0 Å². The van der Waals surface area contributed by atoms with Gasteiger partial charge in [-0.2, -0.15) is 0 Å². The SMILES string of the molecule is OC(CNC1CC1)c1csc2ccccc12. The first kappa shape index (κ1) is 10.3. The van der Waals surface area contributed by atoms with Gasteiger partial charge in [0.05, 0.1) is 6.10 Å². The van der Waals surface area contributed by atoms with E-state index in [-0.39, 0.29) is 6.10 Å². The summed E-state index contributed by atoms with van der Waals surface area (Å²) in [4.78, 5) is 0. The predicted octanol–water partition coefficient (Wildman–Crippen LogP) is 2.69. The highest BCUT2D eigenvalue weighted by Gasteiger charge is 2.22. The second-order valence-electron chi connectivity index (χ2n) is 4.39. The molecule has 1 aliphatic rings. The molecule has 16 heavy (non-hydrogen) atoms. The average molecular weight is 233 g/mol. The zero-order valence-corrected chi connectivity index (χ0v) is 9.83. The monoisotopic (exact) mass is 233 g/mol. The van der Waals surface area contributed by atoms with Crippen LogP contribution >= 0.6 is 11.3 Å². The minimum absolute atomic E-state index is 0.378. The Morgan fingerprint density at radius 1 is 1.38 bits per heavy atom. The van der Waals surface area contributed by atoms with Crippen LogP contribution in [0.1, 0.15) is 24.5 Å². The van der Waals surface area contributed by atoms with Gasteiger partial charge in [-0.25, -0.2) is 0 Å². The van der Waals surface area contributed by atoms with E-state index < -0.39 is 0 Å². The van der Waals surface area contributed by atoms with Crippen molar-refractivity contribution < 1.29 is 5.11 Å². The van der Waals surface area contributed by atoms with Crippen molar-refractivity contribution in [2.75, 3.05) is 6.54 Å². The Hall–Kier alpha value is -0.900. The van der Waals surface area contributed by atoms with Crippen molar-refractivity contribution in [1.82, 2.24) is 5.32 Å². The van der Waals surface area contributed by atoms with E-state index in [1.807, 2.05) is 12.1 Å². The lowest BCUT2D eigenvalue weighted by Crippen LogP contribution is -2.23. The molecule has 0 saturated heterocycles. The van der Waals surface area contributed by atoms with Crippen LogP contribution in [0, 0.1) is 0 Å². The molecule has 0 aliphatic heterocycles. The van der Waals surface area contributed by atoms with Gasteiger partial charge in [0, 0.05) is 22.8 Å². The smallest absolute Gasteiger partial charge is 0.0928 e. The highest BCUT2D eigenvalue weighted by molar-refractivity contribution is 7.17. The highest BCUT2D eigenvalue weighted by Crippen LogP contribution is 2.30. The molecule has 2 aromatic rings. The first-order valence-corrected chi connectivity index (χ1v) is 6.60. The summed E-state index contributed by atoms with van der Waals surface area (Å²) in [6.07, 6.45) is 2.14. The quantitative estimate of drug-likeness (QED) is 0.851. The maximum absolute atomic E-state index is 10.1. The minimum atomic E-state index is -0.378. The molecule has 0 radical (unpaired) electrons. The Morgan fingerprint density at radius 2 is 2.19 bits per heavy atom. The summed E-state index contributed by atoms with van der Waals surface area (Å²) < 4.78 is 1.25. The van der Waals surface area contributed by atoms with Crippen LogP contribution in [0.2, 0.25) is 0 Å². The highest BCUT2D eigenvalue weighted by atomic mass is 32.1. The van der Waals surface area contributed by atoms with Gasteiger partial charge in [0.1, 0.15) is 0 Å².